The van der Waals surface area contributed by atoms with Gasteiger partial charge in [-0.15, -0.1) is 0 Å². The Labute approximate surface area is 84.9 Å². The third-order valence-corrected chi connectivity index (χ3v) is 2.76. The zero-order valence-corrected chi connectivity index (χ0v) is 8.65. The number of aromatic nitrogens is 1. The molecule has 0 saturated carbocycles. The van der Waals surface area contributed by atoms with E-state index in [0.29, 0.717) is 6.10 Å². The van der Waals surface area contributed by atoms with Crippen molar-refractivity contribution in [2.75, 3.05) is 6.61 Å². The molecule has 0 radical (unpaired) electrons. The first-order chi connectivity index (χ1) is 6.77. The highest BCUT2D eigenvalue weighted by molar-refractivity contribution is 5.10. The Morgan fingerprint density at radius 3 is 3.21 bits per heavy atom. The maximum atomic E-state index is 5.87. The molecule has 1 aromatic rings. The van der Waals surface area contributed by atoms with E-state index in [2.05, 4.69) is 16.8 Å². The molecule has 1 aliphatic rings. The van der Waals surface area contributed by atoms with Gasteiger partial charge in [-0.3, -0.25) is 0 Å². The van der Waals surface area contributed by atoms with Crippen LogP contribution < -0.4 is 5.73 Å². The van der Waals surface area contributed by atoms with E-state index < -0.39 is 0 Å². The second-order valence-corrected chi connectivity index (χ2v) is 4.01. The quantitative estimate of drug-likeness (QED) is 0.795. The first-order valence-electron chi connectivity index (χ1n) is 5.29. The fraction of sp³-hybridized carbons (Fsp3) is 0.636. The van der Waals surface area contributed by atoms with Gasteiger partial charge >= 0.3 is 0 Å². The minimum Gasteiger partial charge on any atom is -0.376 e. The van der Waals surface area contributed by atoms with Gasteiger partial charge in [0.15, 0.2) is 0 Å². The molecule has 1 aliphatic heterocycles. The number of hydrogen-bond donors (Lipinski definition) is 1. The lowest BCUT2D eigenvalue weighted by molar-refractivity contribution is 0.0962. The first-order valence-corrected chi connectivity index (χ1v) is 5.29. The van der Waals surface area contributed by atoms with Crippen molar-refractivity contribution in [3.8, 4) is 0 Å². The Balaban J connectivity index is 2.04. The van der Waals surface area contributed by atoms with Crippen molar-refractivity contribution in [2.45, 2.75) is 38.5 Å². The van der Waals surface area contributed by atoms with E-state index in [1.807, 2.05) is 13.0 Å². The van der Waals surface area contributed by atoms with Crippen LogP contribution in [0.3, 0.4) is 0 Å². The van der Waals surface area contributed by atoms with E-state index in [4.69, 9.17) is 10.5 Å². The van der Waals surface area contributed by atoms with Gasteiger partial charge in [0, 0.05) is 31.1 Å². The van der Waals surface area contributed by atoms with Crippen LogP contribution in [0.5, 0.6) is 0 Å². The number of nitrogens with zero attached hydrogens (tertiary/aromatic N) is 1. The maximum Gasteiger partial charge on any atom is 0.0754 e. The van der Waals surface area contributed by atoms with Crippen molar-refractivity contribution >= 4 is 0 Å². The van der Waals surface area contributed by atoms with E-state index in [-0.39, 0.29) is 6.04 Å². The molecule has 2 N–H and O–H groups in total. The molecular formula is C11H18N2O. The van der Waals surface area contributed by atoms with Crippen LogP contribution in [-0.2, 0) is 11.3 Å². The number of ether oxygens (including phenoxy) is 1. The Morgan fingerprint density at radius 1 is 1.71 bits per heavy atom. The summed E-state index contributed by atoms with van der Waals surface area (Å²) in [6, 6.07) is 4.24. The summed E-state index contributed by atoms with van der Waals surface area (Å²) in [4.78, 5) is 0. The Kier molecular flexibility index (Phi) is 2.89. The maximum absolute atomic E-state index is 5.87. The van der Waals surface area contributed by atoms with Gasteiger partial charge in [0.05, 0.1) is 6.10 Å². The summed E-state index contributed by atoms with van der Waals surface area (Å²) < 4.78 is 7.81. The minimum atomic E-state index is 0.103. The smallest absolute Gasteiger partial charge is 0.0754 e. The van der Waals surface area contributed by atoms with Crippen LogP contribution in [0, 0.1) is 0 Å². The Hall–Kier alpha value is -0.800. The second kappa shape index (κ2) is 4.15. The Bertz CT molecular complexity index is 287. The summed E-state index contributed by atoms with van der Waals surface area (Å²) in [7, 11) is 0. The van der Waals surface area contributed by atoms with Gasteiger partial charge in [-0.05, 0) is 31.9 Å². The molecule has 2 unspecified atom stereocenters. The van der Waals surface area contributed by atoms with E-state index in [1.165, 1.54) is 18.5 Å². The zero-order valence-electron chi connectivity index (χ0n) is 8.65. The third-order valence-electron chi connectivity index (χ3n) is 2.76. The summed E-state index contributed by atoms with van der Waals surface area (Å²) in [5.41, 5.74) is 7.07. The predicted octanol–water partition coefficient (Wildman–Crippen LogP) is 1.69. The molecule has 0 amide bonds. The fourth-order valence-corrected chi connectivity index (χ4v) is 2.01. The highest BCUT2D eigenvalue weighted by atomic mass is 16.5. The highest BCUT2D eigenvalue weighted by Crippen LogP contribution is 2.17. The molecule has 2 atom stereocenters. The Morgan fingerprint density at radius 2 is 2.57 bits per heavy atom. The van der Waals surface area contributed by atoms with Crippen LogP contribution in [0.15, 0.2) is 18.3 Å². The number of rotatable bonds is 3. The largest absolute Gasteiger partial charge is 0.376 e. The monoisotopic (exact) mass is 194 g/mol. The topological polar surface area (TPSA) is 40.2 Å². The first kappa shape index (κ1) is 9.74. The molecule has 0 spiro atoms. The van der Waals surface area contributed by atoms with Gasteiger partial charge in [0.1, 0.15) is 0 Å². The molecule has 0 aliphatic carbocycles. The van der Waals surface area contributed by atoms with Gasteiger partial charge in [-0.1, -0.05) is 0 Å². The average molecular weight is 194 g/mol. The van der Waals surface area contributed by atoms with Crippen molar-refractivity contribution in [3.63, 3.8) is 0 Å². The van der Waals surface area contributed by atoms with E-state index in [1.54, 1.807) is 0 Å². The van der Waals surface area contributed by atoms with Crippen LogP contribution in [0.4, 0.5) is 0 Å². The second-order valence-electron chi connectivity index (χ2n) is 4.01. The van der Waals surface area contributed by atoms with E-state index in [9.17, 15) is 0 Å². The van der Waals surface area contributed by atoms with Crippen molar-refractivity contribution < 1.29 is 4.74 Å². The molecule has 0 aromatic carbocycles. The van der Waals surface area contributed by atoms with Crippen LogP contribution in [0.25, 0.3) is 0 Å². The molecule has 2 rings (SSSR count). The summed E-state index contributed by atoms with van der Waals surface area (Å²) in [6.07, 6.45) is 4.84. The number of nitrogens with two attached hydrogens (primary N) is 1. The van der Waals surface area contributed by atoms with Crippen LogP contribution in [0.2, 0.25) is 0 Å². The summed E-state index contributed by atoms with van der Waals surface area (Å²) in [5, 5.41) is 0. The molecule has 78 valence electrons. The number of hydrogen-bond acceptors (Lipinski definition) is 2. The molecule has 1 saturated heterocycles. The van der Waals surface area contributed by atoms with Gasteiger partial charge in [-0.2, -0.15) is 0 Å². The minimum absolute atomic E-state index is 0.103. The lowest BCUT2D eigenvalue weighted by atomic mass is 10.2. The van der Waals surface area contributed by atoms with E-state index in [0.717, 1.165) is 13.2 Å². The molecule has 1 fully saturated rings. The SMILES string of the molecule is CC(N)c1cccn1CC1CCCO1. The van der Waals surface area contributed by atoms with E-state index >= 15 is 0 Å². The molecular weight excluding hydrogens is 176 g/mol. The van der Waals surface area contributed by atoms with Crippen molar-refractivity contribution in [1.29, 1.82) is 0 Å². The van der Waals surface area contributed by atoms with Gasteiger partial charge < -0.3 is 15.0 Å². The van der Waals surface area contributed by atoms with Crippen LogP contribution in [-0.4, -0.2) is 17.3 Å². The summed E-state index contributed by atoms with van der Waals surface area (Å²) >= 11 is 0. The molecule has 1 aromatic heterocycles. The molecule has 3 nitrogen and oxygen atoms in total. The third kappa shape index (κ3) is 1.99. The lowest BCUT2D eigenvalue weighted by Gasteiger charge is -2.15. The van der Waals surface area contributed by atoms with Gasteiger partial charge in [0.2, 0.25) is 0 Å². The lowest BCUT2D eigenvalue weighted by Crippen LogP contribution is -2.19. The highest BCUT2D eigenvalue weighted by Gasteiger charge is 2.17. The average Bonchev–Trinajstić information content (AvgIpc) is 2.75. The normalized spacial score (nSPS) is 24.0. The molecule has 3 heteroatoms. The predicted molar refractivity (Wildman–Crippen MR) is 56.0 cm³/mol. The molecule has 0 bridgehead atoms. The fourth-order valence-electron chi connectivity index (χ4n) is 2.01. The summed E-state index contributed by atoms with van der Waals surface area (Å²) in [5.74, 6) is 0. The van der Waals surface area contributed by atoms with Crippen molar-refractivity contribution in [3.05, 3.63) is 24.0 Å². The molecule has 14 heavy (non-hydrogen) atoms. The molecule has 2 heterocycles. The van der Waals surface area contributed by atoms with Gasteiger partial charge in [0.25, 0.3) is 0 Å². The van der Waals surface area contributed by atoms with Gasteiger partial charge in [-0.25, -0.2) is 0 Å². The van der Waals surface area contributed by atoms with Crippen molar-refractivity contribution in [2.24, 2.45) is 5.73 Å². The zero-order chi connectivity index (χ0) is 9.97. The van der Waals surface area contributed by atoms with Crippen molar-refractivity contribution in [1.82, 2.24) is 4.57 Å². The standard InChI is InChI=1S/C11H18N2O/c1-9(12)11-5-2-6-13(11)8-10-4-3-7-14-10/h2,5-6,9-10H,3-4,7-8,12H2,1H3. The van der Waals surface area contributed by atoms with Crippen LogP contribution in [0.1, 0.15) is 31.5 Å². The summed E-state index contributed by atoms with van der Waals surface area (Å²) in [6.45, 7) is 3.88. The van der Waals surface area contributed by atoms with Crippen LogP contribution >= 0.6 is 0 Å².